The lowest BCUT2D eigenvalue weighted by atomic mass is 10.1. The van der Waals surface area contributed by atoms with Gasteiger partial charge in [0.1, 0.15) is 30.0 Å². The van der Waals surface area contributed by atoms with Gasteiger partial charge in [0.15, 0.2) is 0 Å². The highest BCUT2D eigenvalue weighted by atomic mass is 16.5. The standard InChI is InChI=1S/C20H25NO4/c1-4-7-15-8-5-6-9-19(15)25-14-16(22)13-21-18-11-10-17(23-2)12-20(18)24-3/h4-6,8-12,16,21-22H,1,7,13-14H2,2-3H3. The van der Waals surface area contributed by atoms with Gasteiger partial charge in [-0.25, -0.2) is 0 Å². The van der Waals surface area contributed by atoms with Crippen LogP contribution in [0.3, 0.4) is 0 Å². The Morgan fingerprint density at radius 3 is 2.64 bits per heavy atom. The molecule has 2 aromatic carbocycles. The van der Waals surface area contributed by atoms with Crippen LogP contribution in [0.1, 0.15) is 5.56 Å². The lowest BCUT2D eigenvalue weighted by Gasteiger charge is -2.17. The Labute approximate surface area is 148 Å². The average Bonchev–Trinajstić information content (AvgIpc) is 2.65. The topological polar surface area (TPSA) is 60.0 Å². The zero-order valence-corrected chi connectivity index (χ0v) is 14.7. The highest BCUT2D eigenvalue weighted by Crippen LogP contribution is 2.29. The van der Waals surface area contributed by atoms with Crippen molar-refractivity contribution in [3.05, 3.63) is 60.7 Å². The molecule has 0 saturated carbocycles. The summed E-state index contributed by atoms with van der Waals surface area (Å²) in [5.41, 5.74) is 1.84. The molecule has 0 aliphatic rings. The number of rotatable bonds is 10. The van der Waals surface area contributed by atoms with Gasteiger partial charge in [-0.05, 0) is 30.2 Å². The summed E-state index contributed by atoms with van der Waals surface area (Å²) >= 11 is 0. The molecule has 2 aromatic rings. The number of ether oxygens (including phenoxy) is 3. The molecule has 0 heterocycles. The maximum atomic E-state index is 10.2. The van der Waals surface area contributed by atoms with E-state index in [0.29, 0.717) is 18.0 Å². The SMILES string of the molecule is C=CCc1ccccc1OCC(O)CNc1ccc(OC)cc1OC. The van der Waals surface area contributed by atoms with Crippen molar-refractivity contribution in [2.45, 2.75) is 12.5 Å². The molecule has 5 nitrogen and oxygen atoms in total. The van der Waals surface area contributed by atoms with Crippen molar-refractivity contribution in [1.29, 1.82) is 0 Å². The molecule has 0 aromatic heterocycles. The van der Waals surface area contributed by atoms with Crippen LogP contribution in [0.25, 0.3) is 0 Å². The molecule has 2 N–H and O–H groups in total. The van der Waals surface area contributed by atoms with Gasteiger partial charge in [-0.15, -0.1) is 6.58 Å². The minimum Gasteiger partial charge on any atom is -0.497 e. The number of methoxy groups -OCH3 is 2. The summed E-state index contributed by atoms with van der Waals surface area (Å²) in [7, 11) is 3.20. The summed E-state index contributed by atoms with van der Waals surface area (Å²) in [6, 6.07) is 13.2. The zero-order chi connectivity index (χ0) is 18.1. The Kier molecular flexibility index (Phi) is 7.16. The first-order chi connectivity index (χ1) is 12.2. The van der Waals surface area contributed by atoms with Gasteiger partial charge < -0.3 is 24.6 Å². The molecule has 0 amide bonds. The molecule has 0 spiro atoms. The molecule has 1 atom stereocenters. The first-order valence-corrected chi connectivity index (χ1v) is 8.13. The summed E-state index contributed by atoms with van der Waals surface area (Å²) < 4.78 is 16.2. The summed E-state index contributed by atoms with van der Waals surface area (Å²) in [6.45, 7) is 4.28. The lowest BCUT2D eigenvalue weighted by Crippen LogP contribution is -2.26. The van der Waals surface area contributed by atoms with E-state index in [9.17, 15) is 5.11 Å². The van der Waals surface area contributed by atoms with Crippen LogP contribution >= 0.6 is 0 Å². The predicted molar refractivity (Wildman–Crippen MR) is 99.9 cm³/mol. The van der Waals surface area contributed by atoms with E-state index in [-0.39, 0.29) is 6.61 Å². The number of benzene rings is 2. The monoisotopic (exact) mass is 343 g/mol. The maximum Gasteiger partial charge on any atom is 0.145 e. The van der Waals surface area contributed by atoms with E-state index in [1.165, 1.54) is 0 Å². The van der Waals surface area contributed by atoms with Crippen LogP contribution in [0.2, 0.25) is 0 Å². The highest BCUT2D eigenvalue weighted by Gasteiger charge is 2.10. The molecule has 0 bridgehead atoms. The Morgan fingerprint density at radius 2 is 1.92 bits per heavy atom. The van der Waals surface area contributed by atoms with Gasteiger partial charge in [-0.1, -0.05) is 24.3 Å². The number of nitrogens with one attached hydrogen (secondary N) is 1. The minimum atomic E-state index is -0.663. The van der Waals surface area contributed by atoms with Gasteiger partial charge >= 0.3 is 0 Å². The molecular weight excluding hydrogens is 318 g/mol. The van der Waals surface area contributed by atoms with Crippen LogP contribution in [0.5, 0.6) is 17.2 Å². The molecule has 5 heteroatoms. The Morgan fingerprint density at radius 1 is 1.12 bits per heavy atom. The van der Waals surface area contributed by atoms with Crippen molar-refractivity contribution < 1.29 is 19.3 Å². The fraction of sp³-hybridized carbons (Fsp3) is 0.300. The number of aliphatic hydroxyl groups is 1. The van der Waals surface area contributed by atoms with Crippen molar-refractivity contribution in [1.82, 2.24) is 0 Å². The van der Waals surface area contributed by atoms with E-state index in [2.05, 4.69) is 11.9 Å². The van der Waals surface area contributed by atoms with E-state index in [1.807, 2.05) is 42.5 Å². The quantitative estimate of drug-likeness (QED) is 0.648. The van der Waals surface area contributed by atoms with Crippen LogP contribution in [0, 0.1) is 0 Å². The first kappa shape index (κ1) is 18.7. The largest absolute Gasteiger partial charge is 0.497 e. The van der Waals surface area contributed by atoms with Crippen molar-refractivity contribution in [2.75, 3.05) is 32.7 Å². The van der Waals surface area contributed by atoms with Crippen LogP contribution in [-0.4, -0.2) is 38.6 Å². The van der Waals surface area contributed by atoms with Crippen molar-refractivity contribution >= 4 is 5.69 Å². The minimum absolute atomic E-state index is 0.194. The number of hydrogen-bond donors (Lipinski definition) is 2. The van der Waals surface area contributed by atoms with Gasteiger partial charge in [0, 0.05) is 12.6 Å². The molecular formula is C20H25NO4. The third-order valence-corrected chi connectivity index (χ3v) is 3.70. The molecule has 0 radical (unpaired) electrons. The van der Waals surface area contributed by atoms with Gasteiger partial charge in [-0.3, -0.25) is 0 Å². The highest BCUT2D eigenvalue weighted by molar-refractivity contribution is 5.59. The molecule has 25 heavy (non-hydrogen) atoms. The smallest absolute Gasteiger partial charge is 0.145 e. The summed E-state index contributed by atoms with van der Waals surface area (Å²) in [5, 5.41) is 13.3. The first-order valence-electron chi connectivity index (χ1n) is 8.13. The van der Waals surface area contributed by atoms with Crippen LogP contribution in [0.15, 0.2) is 55.1 Å². The van der Waals surface area contributed by atoms with Crippen molar-refractivity contribution in [3.8, 4) is 17.2 Å². The molecule has 0 aliphatic heterocycles. The summed E-state index contributed by atoms with van der Waals surface area (Å²) in [6.07, 6.45) is 1.90. The van der Waals surface area contributed by atoms with Gasteiger partial charge in [0.05, 0.1) is 19.9 Å². The molecule has 0 saturated heterocycles. The van der Waals surface area contributed by atoms with Crippen LogP contribution < -0.4 is 19.5 Å². The van der Waals surface area contributed by atoms with E-state index in [0.717, 1.165) is 23.4 Å². The molecule has 134 valence electrons. The van der Waals surface area contributed by atoms with Crippen molar-refractivity contribution in [2.24, 2.45) is 0 Å². The predicted octanol–water partition coefficient (Wildman–Crippen LogP) is 3.28. The lowest BCUT2D eigenvalue weighted by molar-refractivity contribution is 0.117. The maximum absolute atomic E-state index is 10.2. The summed E-state index contributed by atoms with van der Waals surface area (Å²) in [4.78, 5) is 0. The Hall–Kier alpha value is -2.66. The van der Waals surface area contributed by atoms with Crippen molar-refractivity contribution in [3.63, 3.8) is 0 Å². The molecule has 0 aliphatic carbocycles. The second-order valence-electron chi connectivity index (χ2n) is 5.51. The number of para-hydroxylation sites is 1. The van der Waals surface area contributed by atoms with E-state index in [4.69, 9.17) is 14.2 Å². The number of anilines is 1. The Balaban J connectivity index is 1.89. The second kappa shape index (κ2) is 9.59. The zero-order valence-electron chi connectivity index (χ0n) is 14.7. The molecule has 2 rings (SSSR count). The van der Waals surface area contributed by atoms with Crippen LogP contribution in [0.4, 0.5) is 5.69 Å². The third kappa shape index (κ3) is 5.43. The number of allylic oxidation sites excluding steroid dienone is 1. The molecule has 1 unspecified atom stereocenters. The third-order valence-electron chi connectivity index (χ3n) is 3.70. The fourth-order valence-electron chi connectivity index (χ4n) is 2.39. The second-order valence-corrected chi connectivity index (χ2v) is 5.51. The van der Waals surface area contributed by atoms with Gasteiger partial charge in [-0.2, -0.15) is 0 Å². The Bertz CT molecular complexity index is 687. The van der Waals surface area contributed by atoms with Gasteiger partial charge in [0.2, 0.25) is 0 Å². The summed E-state index contributed by atoms with van der Waals surface area (Å²) in [5.74, 6) is 2.14. The van der Waals surface area contributed by atoms with E-state index >= 15 is 0 Å². The molecule has 0 fully saturated rings. The number of aliphatic hydroxyl groups excluding tert-OH is 1. The number of hydrogen-bond acceptors (Lipinski definition) is 5. The van der Waals surface area contributed by atoms with E-state index < -0.39 is 6.10 Å². The fourth-order valence-corrected chi connectivity index (χ4v) is 2.39. The van der Waals surface area contributed by atoms with Gasteiger partial charge in [0.25, 0.3) is 0 Å². The normalized spacial score (nSPS) is 11.5. The van der Waals surface area contributed by atoms with E-state index in [1.54, 1.807) is 20.3 Å². The van der Waals surface area contributed by atoms with Crippen LogP contribution in [-0.2, 0) is 6.42 Å². The average molecular weight is 343 g/mol.